The highest BCUT2D eigenvalue weighted by atomic mass is 32.2. The van der Waals surface area contributed by atoms with Gasteiger partial charge in [0, 0.05) is 18.2 Å². The number of nitrogens with zero attached hydrogens (tertiary/aromatic N) is 1. The standard InChI is InChI=1S/C23H30N2O6S/c1-17-8-6-7-14-25(17)32(27,28)22-16-18(11-12-21(22)30-3)23(26)24-13-15-31-20-10-5-4-9-19(20)29-2/h4-5,9-12,16-17H,6-8,13-15H2,1-3H3,(H,24,26)/t17-/m0/s1. The molecule has 1 N–H and O–H groups in total. The van der Waals surface area contributed by atoms with Crippen LogP contribution in [0, 0.1) is 0 Å². The summed E-state index contributed by atoms with van der Waals surface area (Å²) in [7, 11) is -0.810. The van der Waals surface area contributed by atoms with Gasteiger partial charge in [0.1, 0.15) is 17.3 Å². The molecule has 1 heterocycles. The SMILES string of the molecule is COc1ccccc1OCCNC(=O)c1ccc(OC)c(S(=O)(=O)N2CCCC[C@@H]2C)c1. The highest BCUT2D eigenvalue weighted by Gasteiger charge is 2.33. The minimum Gasteiger partial charge on any atom is -0.495 e. The molecule has 3 rings (SSSR count). The third kappa shape index (κ3) is 5.34. The van der Waals surface area contributed by atoms with Crippen molar-refractivity contribution >= 4 is 15.9 Å². The number of carbonyl (C=O) groups is 1. The first-order valence-electron chi connectivity index (χ1n) is 10.6. The number of rotatable bonds is 9. The van der Waals surface area contributed by atoms with Gasteiger partial charge in [0.2, 0.25) is 10.0 Å². The number of sulfonamides is 1. The Bertz CT molecular complexity index is 1040. The fourth-order valence-electron chi connectivity index (χ4n) is 3.74. The van der Waals surface area contributed by atoms with Crippen LogP contribution in [0.5, 0.6) is 17.2 Å². The molecule has 1 aliphatic heterocycles. The zero-order valence-electron chi connectivity index (χ0n) is 18.7. The van der Waals surface area contributed by atoms with Crippen molar-refractivity contribution in [3.05, 3.63) is 48.0 Å². The molecule has 1 fully saturated rings. The van der Waals surface area contributed by atoms with Gasteiger partial charge in [-0.15, -0.1) is 0 Å². The summed E-state index contributed by atoms with van der Waals surface area (Å²) in [5.74, 6) is 1.02. The summed E-state index contributed by atoms with van der Waals surface area (Å²) in [4.78, 5) is 12.7. The van der Waals surface area contributed by atoms with E-state index in [0.717, 1.165) is 19.3 Å². The summed E-state index contributed by atoms with van der Waals surface area (Å²) in [5, 5.41) is 2.76. The van der Waals surface area contributed by atoms with Gasteiger partial charge in [-0.3, -0.25) is 4.79 Å². The Morgan fingerprint density at radius 1 is 1.06 bits per heavy atom. The van der Waals surface area contributed by atoms with Gasteiger partial charge in [0.25, 0.3) is 5.91 Å². The van der Waals surface area contributed by atoms with E-state index in [1.54, 1.807) is 25.3 Å². The third-order valence-corrected chi connectivity index (χ3v) is 7.50. The molecule has 1 aliphatic rings. The maximum Gasteiger partial charge on any atom is 0.251 e. The van der Waals surface area contributed by atoms with Crippen molar-refractivity contribution in [2.75, 3.05) is 33.9 Å². The van der Waals surface area contributed by atoms with Crippen LogP contribution in [0.15, 0.2) is 47.4 Å². The number of carbonyl (C=O) groups excluding carboxylic acids is 1. The highest BCUT2D eigenvalue weighted by Crippen LogP contribution is 2.31. The van der Waals surface area contributed by atoms with Crippen molar-refractivity contribution in [2.45, 2.75) is 37.1 Å². The molecule has 0 aliphatic carbocycles. The summed E-state index contributed by atoms with van der Waals surface area (Å²) in [6, 6.07) is 11.6. The number of hydrogen-bond acceptors (Lipinski definition) is 6. The summed E-state index contributed by atoms with van der Waals surface area (Å²) >= 11 is 0. The van der Waals surface area contributed by atoms with Gasteiger partial charge in [-0.25, -0.2) is 8.42 Å². The minimum atomic E-state index is -3.79. The number of piperidine rings is 1. The molecule has 1 amide bonds. The minimum absolute atomic E-state index is 0.00618. The van der Waals surface area contributed by atoms with Crippen LogP contribution in [0.1, 0.15) is 36.5 Å². The number of para-hydroxylation sites is 2. The Morgan fingerprint density at radius 3 is 2.47 bits per heavy atom. The summed E-state index contributed by atoms with van der Waals surface area (Å²) in [6.07, 6.45) is 2.63. The first-order chi connectivity index (χ1) is 15.4. The Labute approximate surface area is 189 Å². The number of ether oxygens (including phenoxy) is 3. The van der Waals surface area contributed by atoms with Gasteiger partial charge in [-0.1, -0.05) is 18.6 Å². The molecule has 0 saturated carbocycles. The molecule has 1 saturated heterocycles. The molecule has 0 spiro atoms. The molecular weight excluding hydrogens is 432 g/mol. The zero-order valence-corrected chi connectivity index (χ0v) is 19.5. The van der Waals surface area contributed by atoms with E-state index >= 15 is 0 Å². The van der Waals surface area contributed by atoms with Gasteiger partial charge in [-0.05, 0) is 50.1 Å². The molecule has 9 heteroatoms. The maximum atomic E-state index is 13.3. The fourth-order valence-corrected chi connectivity index (χ4v) is 5.62. The lowest BCUT2D eigenvalue weighted by molar-refractivity contribution is 0.0946. The number of hydrogen-bond donors (Lipinski definition) is 1. The smallest absolute Gasteiger partial charge is 0.251 e. The lowest BCUT2D eigenvalue weighted by Crippen LogP contribution is -2.42. The zero-order chi connectivity index (χ0) is 23.1. The van der Waals surface area contributed by atoms with Gasteiger partial charge in [-0.2, -0.15) is 4.31 Å². The lowest BCUT2D eigenvalue weighted by Gasteiger charge is -2.32. The predicted octanol–water partition coefficient (Wildman–Crippen LogP) is 3.08. The van der Waals surface area contributed by atoms with Crippen LogP contribution in [-0.2, 0) is 10.0 Å². The van der Waals surface area contributed by atoms with Crippen LogP contribution in [0.3, 0.4) is 0 Å². The van der Waals surface area contributed by atoms with Gasteiger partial charge in [0.05, 0.1) is 20.8 Å². The number of benzene rings is 2. The fraction of sp³-hybridized carbons (Fsp3) is 0.435. The van der Waals surface area contributed by atoms with E-state index < -0.39 is 10.0 Å². The molecular formula is C23H30N2O6S. The molecule has 32 heavy (non-hydrogen) atoms. The van der Waals surface area contributed by atoms with Crippen LogP contribution in [-0.4, -0.2) is 58.6 Å². The van der Waals surface area contributed by atoms with E-state index in [0.29, 0.717) is 18.0 Å². The number of methoxy groups -OCH3 is 2. The number of amides is 1. The second kappa shape index (κ2) is 10.7. The molecule has 1 atom stereocenters. The van der Waals surface area contributed by atoms with Crippen molar-refractivity contribution in [2.24, 2.45) is 0 Å². The van der Waals surface area contributed by atoms with E-state index in [2.05, 4.69) is 5.32 Å². The van der Waals surface area contributed by atoms with E-state index in [9.17, 15) is 13.2 Å². The van der Waals surface area contributed by atoms with Gasteiger partial charge in [0.15, 0.2) is 11.5 Å². The number of nitrogens with one attached hydrogen (secondary N) is 1. The lowest BCUT2D eigenvalue weighted by atomic mass is 10.1. The van der Waals surface area contributed by atoms with Gasteiger partial charge >= 0.3 is 0 Å². The third-order valence-electron chi connectivity index (χ3n) is 5.47. The molecule has 0 aromatic heterocycles. The summed E-state index contributed by atoms with van der Waals surface area (Å²) in [6.45, 7) is 2.84. The second-order valence-electron chi connectivity index (χ2n) is 7.58. The van der Waals surface area contributed by atoms with Crippen molar-refractivity contribution in [3.8, 4) is 17.2 Å². The van der Waals surface area contributed by atoms with Crippen molar-refractivity contribution in [1.29, 1.82) is 0 Å². The predicted molar refractivity (Wildman–Crippen MR) is 121 cm³/mol. The van der Waals surface area contributed by atoms with Crippen molar-refractivity contribution < 1.29 is 27.4 Å². The van der Waals surface area contributed by atoms with Crippen molar-refractivity contribution in [1.82, 2.24) is 9.62 Å². The molecule has 8 nitrogen and oxygen atoms in total. The first-order valence-corrected chi connectivity index (χ1v) is 12.1. The van der Waals surface area contributed by atoms with Crippen LogP contribution < -0.4 is 19.5 Å². The molecule has 0 unspecified atom stereocenters. The van der Waals surface area contributed by atoms with E-state index in [1.807, 2.05) is 19.1 Å². The molecule has 0 bridgehead atoms. The Morgan fingerprint density at radius 2 is 1.78 bits per heavy atom. The quantitative estimate of drug-likeness (QED) is 0.576. The summed E-state index contributed by atoms with van der Waals surface area (Å²) < 4.78 is 44.3. The largest absolute Gasteiger partial charge is 0.495 e. The average molecular weight is 463 g/mol. The Hall–Kier alpha value is -2.78. The van der Waals surface area contributed by atoms with Crippen LogP contribution in [0.4, 0.5) is 0 Å². The summed E-state index contributed by atoms with van der Waals surface area (Å²) in [5.41, 5.74) is 0.242. The van der Waals surface area contributed by atoms with Crippen molar-refractivity contribution in [3.63, 3.8) is 0 Å². The van der Waals surface area contributed by atoms with E-state index in [-0.39, 0.29) is 41.3 Å². The second-order valence-corrected chi connectivity index (χ2v) is 9.44. The maximum absolute atomic E-state index is 13.3. The van der Waals surface area contributed by atoms with E-state index in [1.165, 1.54) is 23.5 Å². The normalized spacial score (nSPS) is 16.9. The van der Waals surface area contributed by atoms with Crippen LogP contribution in [0.2, 0.25) is 0 Å². The molecule has 0 radical (unpaired) electrons. The molecule has 174 valence electrons. The Kier molecular flexibility index (Phi) is 7.98. The molecule has 2 aromatic carbocycles. The topological polar surface area (TPSA) is 94.2 Å². The van der Waals surface area contributed by atoms with E-state index in [4.69, 9.17) is 14.2 Å². The van der Waals surface area contributed by atoms with Crippen LogP contribution >= 0.6 is 0 Å². The average Bonchev–Trinajstić information content (AvgIpc) is 2.81. The monoisotopic (exact) mass is 462 g/mol. The highest BCUT2D eigenvalue weighted by molar-refractivity contribution is 7.89. The van der Waals surface area contributed by atoms with Crippen LogP contribution in [0.25, 0.3) is 0 Å². The molecule has 2 aromatic rings. The first kappa shape index (κ1) is 23.9. The van der Waals surface area contributed by atoms with Gasteiger partial charge < -0.3 is 19.5 Å². The Balaban J connectivity index is 1.69.